The van der Waals surface area contributed by atoms with Gasteiger partial charge in [0, 0.05) is 6.42 Å². The monoisotopic (exact) mass is 194 g/mol. The number of hydrogen-bond acceptors (Lipinski definition) is 1. The van der Waals surface area contributed by atoms with Gasteiger partial charge < -0.3 is 5.11 Å². The van der Waals surface area contributed by atoms with E-state index in [4.69, 9.17) is 5.11 Å². The first-order valence-corrected chi connectivity index (χ1v) is 5.27. The van der Waals surface area contributed by atoms with E-state index in [0.29, 0.717) is 5.92 Å². The molecule has 0 aromatic rings. The maximum atomic E-state index is 11.0. The molecule has 0 aromatic heterocycles. The van der Waals surface area contributed by atoms with Gasteiger partial charge in [0.2, 0.25) is 0 Å². The summed E-state index contributed by atoms with van der Waals surface area (Å²) in [6, 6.07) is 0. The Morgan fingerprint density at radius 3 is 2.79 bits per heavy atom. The molecule has 0 radical (unpaired) electrons. The van der Waals surface area contributed by atoms with Crippen LogP contribution in [0.4, 0.5) is 0 Å². The second-order valence-corrected chi connectivity index (χ2v) is 4.25. The Balaban J connectivity index is 2.61. The average Bonchev–Trinajstić information content (AvgIpc) is 2.14. The number of rotatable bonds is 2. The molecule has 0 heterocycles. The van der Waals surface area contributed by atoms with E-state index in [9.17, 15) is 4.79 Å². The van der Waals surface area contributed by atoms with Crippen LogP contribution < -0.4 is 0 Å². The Morgan fingerprint density at radius 2 is 2.21 bits per heavy atom. The van der Waals surface area contributed by atoms with Crippen molar-refractivity contribution in [2.45, 2.75) is 39.5 Å². The lowest BCUT2D eigenvalue weighted by molar-refractivity contribution is -0.145. The topological polar surface area (TPSA) is 37.3 Å². The minimum Gasteiger partial charge on any atom is -0.481 e. The molecule has 0 spiro atoms. The fraction of sp³-hybridized carbons (Fsp3) is 0.750. The van der Waals surface area contributed by atoms with Gasteiger partial charge in [-0.1, -0.05) is 6.92 Å². The molecule has 14 heavy (non-hydrogen) atoms. The summed E-state index contributed by atoms with van der Waals surface area (Å²) in [4.78, 5) is 11.0. The first-order chi connectivity index (χ1) is 6.65. The molecular weight excluding hydrogens is 176 g/mol. The van der Waals surface area contributed by atoms with E-state index in [1.165, 1.54) is 0 Å². The van der Waals surface area contributed by atoms with Crippen molar-refractivity contribution in [2.24, 2.45) is 17.8 Å². The SMILES string of the molecule is CC#CCC1CC(C)CCC1C(=O)O. The molecule has 0 saturated heterocycles. The van der Waals surface area contributed by atoms with Crippen molar-refractivity contribution in [2.75, 3.05) is 0 Å². The minimum absolute atomic E-state index is 0.160. The van der Waals surface area contributed by atoms with Gasteiger partial charge in [0.25, 0.3) is 0 Å². The van der Waals surface area contributed by atoms with Gasteiger partial charge in [-0.05, 0) is 38.0 Å². The molecule has 0 aromatic carbocycles. The lowest BCUT2D eigenvalue weighted by atomic mass is 9.73. The summed E-state index contributed by atoms with van der Waals surface area (Å²) < 4.78 is 0. The number of aliphatic carboxylic acids is 1. The predicted octanol–water partition coefficient (Wildman–Crippen LogP) is 2.54. The van der Waals surface area contributed by atoms with Crippen LogP contribution in [0.3, 0.4) is 0 Å². The second kappa shape index (κ2) is 5.05. The number of carboxylic acids is 1. The van der Waals surface area contributed by atoms with Crippen LogP contribution in [0, 0.1) is 29.6 Å². The highest BCUT2D eigenvalue weighted by atomic mass is 16.4. The van der Waals surface area contributed by atoms with Crippen molar-refractivity contribution < 1.29 is 9.90 Å². The van der Waals surface area contributed by atoms with E-state index in [1.54, 1.807) is 0 Å². The first-order valence-electron chi connectivity index (χ1n) is 5.27. The smallest absolute Gasteiger partial charge is 0.306 e. The van der Waals surface area contributed by atoms with Gasteiger partial charge in [0.15, 0.2) is 0 Å². The van der Waals surface area contributed by atoms with Gasteiger partial charge in [0.1, 0.15) is 0 Å². The van der Waals surface area contributed by atoms with Crippen molar-refractivity contribution in [1.82, 2.24) is 0 Å². The largest absolute Gasteiger partial charge is 0.481 e. The minimum atomic E-state index is -0.639. The van der Waals surface area contributed by atoms with Gasteiger partial charge in [-0.3, -0.25) is 4.79 Å². The third kappa shape index (κ3) is 2.77. The molecule has 3 atom stereocenters. The molecule has 0 amide bonds. The lowest BCUT2D eigenvalue weighted by Crippen LogP contribution is -2.29. The predicted molar refractivity (Wildman–Crippen MR) is 55.7 cm³/mol. The summed E-state index contributed by atoms with van der Waals surface area (Å²) in [6.07, 6.45) is 3.64. The van der Waals surface area contributed by atoms with Crippen LogP contribution in [0.2, 0.25) is 0 Å². The number of carboxylic acid groups (broad SMARTS) is 1. The summed E-state index contributed by atoms with van der Waals surface area (Å²) in [5.41, 5.74) is 0. The fourth-order valence-electron chi connectivity index (χ4n) is 2.28. The highest BCUT2D eigenvalue weighted by Crippen LogP contribution is 2.35. The molecule has 2 heteroatoms. The Bertz CT molecular complexity index is 259. The third-order valence-corrected chi connectivity index (χ3v) is 3.10. The van der Waals surface area contributed by atoms with Crippen LogP contribution in [0.15, 0.2) is 0 Å². The molecule has 0 aliphatic heterocycles. The molecule has 78 valence electrons. The van der Waals surface area contributed by atoms with E-state index in [1.807, 2.05) is 6.92 Å². The van der Waals surface area contributed by atoms with Gasteiger partial charge in [-0.2, -0.15) is 0 Å². The van der Waals surface area contributed by atoms with Crippen LogP contribution in [0.25, 0.3) is 0 Å². The Labute approximate surface area is 85.7 Å². The van der Waals surface area contributed by atoms with E-state index in [-0.39, 0.29) is 11.8 Å². The van der Waals surface area contributed by atoms with Crippen molar-refractivity contribution in [1.29, 1.82) is 0 Å². The fourth-order valence-corrected chi connectivity index (χ4v) is 2.28. The van der Waals surface area contributed by atoms with Crippen LogP contribution in [-0.2, 0) is 4.79 Å². The van der Waals surface area contributed by atoms with E-state index in [2.05, 4.69) is 18.8 Å². The zero-order valence-corrected chi connectivity index (χ0v) is 8.92. The lowest BCUT2D eigenvalue weighted by Gasteiger charge is -2.31. The van der Waals surface area contributed by atoms with Crippen molar-refractivity contribution in [3.05, 3.63) is 0 Å². The molecule has 1 saturated carbocycles. The summed E-state index contributed by atoms with van der Waals surface area (Å²) in [5.74, 6) is 5.99. The molecule has 2 nitrogen and oxygen atoms in total. The van der Waals surface area contributed by atoms with Crippen LogP contribution in [0.5, 0.6) is 0 Å². The second-order valence-electron chi connectivity index (χ2n) is 4.25. The maximum Gasteiger partial charge on any atom is 0.306 e. The highest BCUT2D eigenvalue weighted by molar-refractivity contribution is 5.70. The van der Waals surface area contributed by atoms with Crippen LogP contribution >= 0.6 is 0 Å². The van der Waals surface area contributed by atoms with Gasteiger partial charge >= 0.3 is 5.97 Å². The van der Waals surface area contributed by atoms with E-state index < -0.39 is 5.97 Å². The Hall–Kier alpha value is -0.970. The van der Waals surface area contributed by atoms with E-state index >= 15 is 0 Å². The average molecular weight is 194 g/mol. The first kappa shape index (κ1) is 11.1. The Kier molecular flexibility index (Phi) is 4.00. The summed E-state index contributed by atoms with van der Waals surface area (Å²) in [5, 5.41) is 9.05. The molecular formula is C12H18O2. The zero-order valence-electron chi connectivity index (χ0n) is 8.92. The Morgan fingerprint density at radius 1 is 1.50 bits per heavy atom. The summed E-state index contributed by atoms with van der Waals surface area (Å²) >= 11 is 0. The van der Waals surface area contributed by atoms with Crippen LogP contribution in [-0.4, -0.2) is 11.1 Å². The third-order valence-electron chi connectivity index (χ3n) is 3.10. The highest BCUT2D eigenvalue weighted by Gasteiger charge is 2.32. The molecule has 1 aliphatic rings. The molecule has 1 N–H and O–H groups in total. The molecule has 1 aliphatic carbocycles. The molecule has 0 bridgehead atoms. The summed E-state index contributed by atoms with van der Waals surface area (Å²) in [7, 11) is 0. The molecule has 1 rings (SSSR count). The molecule has 3 unspecified atom stereocenters. The zero-order chi connectivity index (χ0) is 10.6. The van der Waals surface area contributed by atoms with Gasteiger partial charge in [0.05, 0.1) is 5.92 Å². The van der Waals surface area contributed by atoms with E-state index in [0.717, 1.165) is 25.7 Å². The van der Waals surface area contributed by atoms with Gasteiger partial charge in [-0.25, -0.2) is 0 Å². The van der Waals surface area contributed by atoms with Crippen LogP contribution in [0.1, 0.15) is 39.5 Å². The van der Waals surface area contributed by atoms with Crippen molar-refractivity contribution >= 4 is 5.97 Å². The standard InChI is InChI=1S/C12H18O2/c1-3-4-5-10-8-9(2)6-7-11(10)12(13)14/h9-11H,5-8H2,1-2H3,(H,13,14). The summed E-state index contributed by atoms with van der Waals surface area (Å²) in [6.45, 7) is 4.01. The molecule has 1 fully saturated rings. The van der Waals surface area contributed by atoms with Gasteiger partial charge in [-0.15, -0.1) is 11.8 Å². The number of carbonyl (C=O) groups is 1. The van der Waals surface area contributed by atoms with Crippen molar-refractivity contribution in [3.8, 4) is 11.8 Å². The quantitative estimate of drug-likeness (QED) is 0.686. The normalized spacial score (nSPS) is 31.7. The van der Waals surface area contributed by atoms with Crippen molar-refractivity contribution in [3.63, 3.8) is 0 Å². The maximum absolute atomic E-state index is 11.0. The number of hydrogen-bond donors (Lipinski definition) is 1.